The molecule has 0 aliphatic carbocycles. The predicted molar refractivity (Wildman–Crippen MR) is 110 cm³/mol. The summed E-state index contributed by atoms with van der Waals surface area (Å²) in [5.74, 6) is -1.15. The third-order valence-electron chi connectivity index (χ3n) is 4.10. The normalized spacial score (nSPS) is 12.7. The summed E-state index contributed by atoms with van der Waals surface area (Å²) in [6, 6.07) is 4.73. The van der Waals surface area contributed by atoms with Crippen LogP contribution in [0.2, 0.25) is 0 Å². The van der Waals surface area contributed by atoms with Crippen LogP contribution >= 0.6 is 11.3 Å². The minimum absolute atomic E-state index is 0.0957. The van der Waals surface area contributed by atoms with Gasteiger partial charge < -0.3 is 4.74 Å². The van der Waals surface area contributed by atoms with E-state index in [4.69, 9.17) is 0 Å². The van der Waals surface area contributed by atoms with E-state index in [1.54, 1.807) is 0 Å². The molecule has 0 radical (unpaired) electrons. The number of hydrogen-bond acceptors (Lipinski definition) is 5. The van der Waals surface area contributed by atoms with Gasteiger partial charge in [-0.15, -0.1) is 11.3 Å². The van der Waals surface area contributed by atoms with Crippen molar-refractivity contribution in [3.05, 3.63) is 76.1 Å². The molecule has 5 nitrogen and oxygen atoms in total. The average molecular weight is 487 g/mol. The molecule has 0 spiro atoms. The van der Waals surface area contributed by atoms with E-state index in [-0.39, 0.29) is 11.7 Å². The molecule has 33 heavy (non-hydrogen) atoms. The molecule has 174 valence electrons. The molecule has 0 saturated carbocycles. The van der Waals surface area contributed by atoms with Crippen LogP contribution in [0.15, 0.2) is 48.0 Å². The molecule has 0 aliphatic rings. The van der Waals surface area contributed by atoms with Crippen LogP contribution in [0.1, 0.15) is 39.8 Å². The lowest BCUT2D eigenvalue weighted by molar-refractivity contribution is -0.143. The van der Waals surface area contributed by atoms with Gasteiger partial charge in [0.1, 0.15) is 5.56 Å². The first-order valence-corrected chi connectivity index (χ1v) is 10.2. The van der Waals surface area contributed by atoms with Crippen LogP contribution < -0.4 is 0 Å². The summed E-state index contributed by atoms with van der Waals surface area (Å²) in [6.07, 6.45) is -2.69. The molecular weight excluding hydrogens is 472 g/mol. The second kappa shape index (κ2) is 9.61. The summed E-state index contributed by atoms with van der Waals surface area (Å²) >= 11 is 0.867. The van der Waals surface area contributed by atoms with Gasteiger partial charge in [0.25, 0.3) is 0 Å². The largest absolute Gasteiger partial charge is 0.462 e. The molecule has 3 rings (SSSR count). The highest BCUT2D eigenvalue weighted by Crippen LogP contribution is 2.34. The maximum Gasteiger partial charge on any atom is 0.434 e. The monoisotopic (exact) mass is 487 g/mol. The molecule has 12 heteroatoms. The third kappa shape index (κ3) is 5.89. The fourth-order valence-electron chi connectivity index (χ4n) is 2.71. The van der Waals surface area contributed by atoms with Gasteiger partial charge in [0, 0.05) is 5.38 Å². The van der Waals surface area contributed by atoms with E-state index >= 15 is 0 Å². The van der Waals surface area contributed by atoms with Crippen molar-refractivity contribution in [3.63, 3.8) is 0 Å². The lowest BCUT2D eigenvalue weighted by Gasteiger charge is -2.10. The first kappa shape index (κ1) is 24.2. The highest BCUT2D eigenvalue weighted by molar-refractivity contribution is 7.12. The zero-order chi connectivity index (χ0) is 24.2. The van der Waals surface area contributed by atoms with Gasteiger partial charge in [-0.2, -0.15) is 31.4 Å². The van der Waals surface area contributed by atoms with Crippen LogP contribution in [0, 0.1) is 0 Å². The number of hydrogen-bond donors (Lipinski definition) is 0. The van der Waals surface area contributed by atoms with Gasteiger partial charge in [0.15, 0.2) is 5.69 Å². The maximum absolute atomic E-state index is 13.6. The van der Waals surface area contributed by atoms with Gasteiger partial charge in [-0.25, -0.2) is 14.5 Å². The number of carbonyl (C=O) groups excluding carboxylic acids is 1. The molecule has 0 saturated heterocycles. The van der Waals surface area contributed by atoms with E-state index in [0.717, 1.165) is 29.7 Å². The number of aromatic nitrogens is 3. The first-order valence-electron chi connectivity index (χ1n) is 9.31. The number of rotatable bonds is 6. The second-order valence-electron chi connectivity index (χ2n) is 6.43. The Bertz CT molecular complexity index is 1190. The van der Waals surface area contributed by atoms with Crippen molar-refractivity contribution < 1.29 is 35.9 Å². The molecule has 2 aromatic heterocycles. The Labute approximate surface area is 187 Å². The minimum Gasteiger partial charge on any atom is -0.462 e. The summed E-state index contributed by atoms with van der Waals surface area (Å²) < 4.78 is 84.1. The quantitative estimate of drug-likeness (QED) is 0.234. The van der Waals surface area contributed by atoms with Crippen molar-refractivity contribution >= 4 is 29.5 Å². The Kier molecular flexibility index (Phi) is 7.06. The lowest BCUT2D eigenvalue weighted by Crippen LogP contribution is -2.18. The number of nitrogens with zero attached hydrogens (tertiary/aromatic N) is 3. The smallest absolute Gasteiger partial charge is 0.434 e. The molecule has 2 heterocycles. The van der Waals surface area contributed by atoms with E-state index in [2.05, 4.69) is 14.8 Å². The maximum atomic E-state index is 13.6. The van der Waals surface area contributed by atoms with Gasteiger partial charge in [-0.1, -0.05) is 30.4 Å². The molecule has 0 aliphatic heterocycles. The topological polar surface area (TPSA) is 57.0 Å². The van der Waals surface area contributed by atoms with Crippen molar-refractivity contribution in [3.8, 4) is 5.13 Å². The number of ether oxygens (including phenoxy) is 1. The van der Waals surface area contributed by atoms with Gasteiger partial charge in [0.2, 0.25) is 5.13 Å². The van der Waals surface area contributed by atoms with Crippen LogP contribution in [-0.4, -0.2) is 27.3 Å². The van der Waals surface area contributed by atoms with Gasteiger partial charge >= 0.3 is 18.3 Å². The fraction of sp³-hybridized carbons (Fsp3) is 0.190. The first-order chi connectivity index (χ1) is 15.5. The van der Waals surface area contributed by atoms with E-state index < -0.39 is 35.1 Å². The van der Waals surface area contributed by atoms with E-state index in [0.29, 0.717) is 15.9 Å². The molecule has 0 fully saturated rings. The molecular formula is C21H15F6N3O2S. The summed E-state index contributed by atoms with van der Waals surface area (Å²) in [4.78, 5) is 15.9. The van der Waals surface area contributed by atoms with Crippen molar-refractivity contribution in [2.24, 2.45) is 0 Å². The lowest BCUT2D eigenvalue weighted by atomic mass is 10.1. The highest BCUT2D eigenvalue weighted by atomic mass is 32.1. The molecule has 0 amide bonds. The zero-order valence-electron chi connectivity index (χ0n) is 16.8. The number of halogens is 6. The molecule has 0 N–H and O–H groups in total. The van der Waals surface area contributed by atoms with Crippen LogP contribution in [0.3, 0.4) is 0 Å². The van der Waals surface area contributed by atoms with E-state index in [1.807, 2.05) is 0 Å². The fourth-order valence-corrected chi connectivity index (χ4v) is 3.47. The molecule has 0 unspecified atom stereocenters. The zero-order valence-corrected chi connectivity index (χ0v) is 17.6. The summed E-state index contributed by atoms with van der Waals surface area (Å²) in [5.41, 5.74) is -2.17. The predicted octanol–water partition coefficient (Wildman–Crippen LogP) is 6.27. The van der Waals surface area contributed by atoms with Crippen molar-refractivity contribution in [1.82, 2.24) is 14.8 Å². The molecule has 0 atom stereocenters. The number of benzene rings is 1. The van der Waals surface area contributed by atoms with Crippen molar-refractivity contribution in [2.45, 2.75) is 19.3 Å². The number of allylic oxidation sites excluding steroid dienone is 2. The summed E-state index contributed by atoms with van der Waals surface area (Å²) in [5, 5.41) is 4.99. The molecule has 0 bridgehead atoms. The molecule has 3 aromatic rings. The summed E-state index contributed by atoms with van der Waals surface area (Å²) in [6.45, 7) is 1.37. The van der Waals surface area contributed by atoms with Crippen LogP contribution in [-0.2, 0) is 17.1 Å². The standard InChI is InChI=1S/C21H15F6N3O2S/c1-2-32-18(31)16-11-28-30(17(16)21(25,26)27)19-29-15(12-33-19)9-4-3-6-13-7-5-8-14(10-13)20(22,23)24/h3-12H,2H2,1H3/b6-3+,9-4?. The Balaban J connectivity index is 1.80. The third-order valence-corrected chi connectivity index (χ3v) is 4.94. The number of alkyl halides is 6. The Hall–Kier alpha value is -3.41. The SMILES string of the molecule is CCOC(=O)c1cnn(-c2nc(C=C/C=C/c3cccc(C(F)(F)F)c3)cs2)c1C(F)(F)F. The van der Waals surface area contributed by atoms with Crippen molar-refractivity contribution in [2.75, 3.05) is 6.61 Å². The Morgan fingerprint density at radius 1 is 1.12 bits per heavy atom. The minimum atomic E-state index is -4.88. The Morgan fingerprint density at radius 3 is 2.52 bits per heavy atom. The highest BCUT2D eigenvalue weighted by Gasteiger charge is 2.41. The Morgan fingerprint density at radius 2 is 1.85 bits per heavy atom. The van der Waals surface area contributed by atoms with Gasteiger partial charge in [-0.3, -0.25) is 0 Å². The van der Waals surface area contributed by atoms with Crippen molar-refractivity contribution in [1.29, 1.82) is 0 Å². The van der Waals surface area contributed by atoms with E-state index in [1.165, 1.54) is 48.7 Å². The summed E-state index contributed by atoms with van der Waals surface area (Å²) in [7, 11) is 0. The average Bonchev–Trinajstić information content (AvgIpc) is 3.38. The van der Waals surface area contributed by atoms with E-state index in [9.17, 15) is 31.1 Å². The second-order valence-corrected chi connectivity index (χ2v) is 7.27. The van der Waals surface area contributed by atoms with Crippen LogP contribution in [0.25, 0.3) is 17.3 Å². The van der Waals surface area contributed by atoms with Crippen LogP contribution in [0.4, 0.5) is 26.3 Å². The van der Waals surface area contributed by atoms with Crippen LogP contribution in [0.5, 0.6) is 0 Å². The molecule has 1 aromatic carbocycles. The number of thiazole rings is 1. The van der Waals surface area contributed by atoms with Gasteiger partial charge in [-0.05, 0) is 30.7 Å². The number of carbonyl (C=O) groups is 1. The van der Waals surface area contributed by atoms with Gasteiger partial charge in [0.05, 0.1) is 24.1 Å². The number of esters is 1.